The molecule has 10 rings (SSSR count). The fourth-order valence-electron chi connectivity index (χ4n) is 7.65. The van der Waals surface area contributed by atoms with Crippen molar-refractivity contribution in [1.29, 1.82) is 0 Å². The van der Waals surface area contributed by atoms with Crippen LogP contribution in [0.4, 0.5) is 22.7 Å². The summed E-state index contributed by atoms with van der Waals surface area (Å²) in [5.74, 6) is 1.70. The van der Waals surface area contributed by atoms with Crippen LogP contribution in [0.2, 0.25) is 0 Å². The van der Waals surface area contributed by atoms with Crippen LogP contribution in [-0.2, 0) is 10.8 Å². The molecule has 0 N–H and O–H groups in total. The van der Waals surface area contributed by atoms with E-state index in [0.29, 0.717) is 28.6 Å². The Labute approximate surface area is 375 Å². The van der Waals surface area contributed by atoms with Crippen LogP contribution in [0.5, 0.6) is 11.5 Å². The SMILES string of the molecule is [2H]c1c([2H])c([2H])c(-c2c([2H])c([2H])c([2H])c(-c3c([2H])c([2H])c([2H])c([2H])c3[2H])c2[N+]2=C=[N+](c3cc(Oc4ccc5c6cnccc6n(-c6cc(C(C)(C)C)ccn6)c5c4)cc(C(C)(C)C)c3)c3ccccc32)c([2H])c1[2H]. The maximum absolute atomic E-state index is 9.43. The lowest BCUT2D eigenvalue weighted by Crippen LogP contribution is -2.12. The van der Waals surface area contributed by atoms with Gasteiger partial charge in [0.05, 0.1) is 46.0 Å². The molecule has 0 radical (unpaired) electrons. The summed E-state index contributed by atoms with van der Waals surface area (Å²) in [7, 11) is 0. The van der Waals surface area contributed by atoms with Gasteiger partial charge in [-0.1, -0.05) is 120 Å². The van der Waals surface area contributed by atoms with Crippen LogP contribution in [0.1, 0.15) is 70.5 Å². The Kier molecular flexibility index (Phi) is 6.25. The van der Waals surface area contributed by atoms with E-state index in [0.717, 1.165) is 38.8 Å². The van der Waals surface area contributed by atoms with E-state index in [2.05, 4.69) is 63.2 Å². The molecule has 0 bridgehead atoms. The van der Waals surface area contributed by atoms with Crippen LogP contribution in [0, 0.1) is 0 Å². The molecular weight excluding hydrogens is 747 g/mol. The standard InChI is InChI=1S/C55H47N5O/c1-54(2,3)39-26-29-57-52(32-39)60-48-27-28-56-35-47(48)46-25-24-42(34-51(46)60)61-43-31-40(55(4,5)6)30-41(33-43)58-36-59(50-23-14-13-22-49(50)58)53-44(37-16-9-7-10-17-37)20-15-21-45(53)38-18-11-8-12-19-38/h7-35H,1-6H3/q+2/i7D,8D,9D,10D,11D,12D,15D,16D,17D,18D,19D,20D,21D. The van der Waals surface area contributed by atoms with Crippen molar-refractivity contribution in [3.8, 4) is 39.6 Å². The second-order valence-corrected chi connectivity index (χ2v) is 16.9. The summed E-state index contributed by atoms with van der Waals surface area (Å²) < 4.78 is 128. The molecule has 1 aliphatic heterocycles. The van der Waals surface area contributed by atoms with E-state index in [1.807, 2.05) is 60.9 Å². The molecule has 0 unspecified atom stereocenters. The molecule has 3 aromatic heterocycles. The van der Waals surface area contributed by atoms with Crippen molar-refractivity contribution in [3.05, 3.63) is 187 Å². The lowest BCUT2D eigenvalue weighted by molar-refractivity contribution is 0.479. The smallest absolute Gasteiger partial charge is 0.457 e. The van der Waals surface area contributed by atoms with Crippen molar-refractivity contribution >= 4 is 50.6 Å². The van der Waals surface area contributed by atoms with Gasteiger partial charge in [0.15, 0.2) is 0 Å². The molecule has 0 fully saturated rings. The topological polar surface area (TPSA) is 46.0 Å². The van der Waals surface area contributed by atoms with E-state index in [1.54, 1.807) is 35.0 Å². The number of fused-ring (bicyclic) bond motifs is 4. The minimum Gasteiger partial charge on any atom is -0.457 e. The average molecular weight is 807 g/mol. The molecule has 61 heavy (non-hydrogen) atoms. The van der Waals surface area contributed by atoms with Gasteiger partial charge in [-0.2, -0.15) is 0 Å². The number of para-hydroxylation sites is 3. The van der Waals surface area contributed by atoms with E-state index in [9.17, 15) is 2.74 Å². The van der Waals surface area contributed by atoms with Crippen LogP contribution in [0.25, 0.3) is 49.9 Å². The van der Waals surface area contributed by atoms with Crippen molar-refractivity contribution in [2.75, 3.05) is 0 Å². The Hall–Kier alpha value is -7.40. The van der Waals surface area contributed by atoms with Gasteiger partial charge < -0.3 is 4.74 Å². The number of hydrogen-bond acceptors (Lipinski definition) is 3. The average Bonchev–Trinajstić information content (AvgIpc) is 3.92. The van der Waals surface area contributed by atoms with Crippen LogP contribution in [-0.4, -0.2) is 20.5 Å². The van der Waals surface area contributed by atoms with E-state index >= 15 is 0 Å². The number of benzene rings is 6. The third-order valence-corrected chi connectivity index (χ3v) is 10.8. The fourth-order valence-corrected chi connectivity index (χ4v) is 7.65. The molecule has 0 amide bonds. The first-order valence-electron chi connectivity index (χ1n) is 26.3. The number of hydrogen-bond donors (Lipinski definition) is 0. The summed E-state index contributed by atoms with van der Waals surface area (Å²) in [6.45, 7) is 12.6. The third-order valence-electron chi connectivity index (χ3n) is 10.8. The zero-order valence-electron chi connectivity index (χ0n) is 47.4. The van der Waals surface area contributed by atoms with Crippen LogP contribution >= 0.6 is 0 Å². The lowest BCUT2D eigenvalue weighted by atomic mass is 9.86. The molecule has 0 saturated heterocycles. The van der Waals surface area contributed by atoms with Crippen molar-refractivity contribution in [3.63, 3.8) is 0 Å². The molecule has 0 atom stereocenters. The molecule has 6 heteroatoms. The predicted octanol–water partition coefficient (Wildman–Crippen LogP) is 14.2. The Morgan fingerprint density at radius 1 is 0.590 bits per heavy atom. The molecule has 1 aliphatic rings. The van der Waals surface area contributed by atoms with Gasteiger partial charge in [-0.25, -0.2) is 4.98 Å². The minimum absolute atomic E-state index is 0.134. The minimum atomic E-state index is -0.772. The molecular formula is C55H47N5O+2. The molecule has 0 aliphatic carbocycles. The molecule has 6 aromatic carbocycles. The van der Waals surface area contributed by atoms with Gasteiger partial charge in [0.2, 0.25) is 11.4 Å². The number of nitrogens with zero attached hydrogens (tertiary/aromatic N) is 5. The highest BCUT2D eigenvalue weighted by atomic mass is 16.5. The number of rotatable bonds is 7. The van der Waals surface area contributed by atoms with E-state index in [4.69, 9.17) is 24.8 Å². The highest BCUT2D eigenvalue weighted by Gasteiger charge is 2.39. The fraction of sp³-hybridized carbons (Fsp3) is 0.145. The van der Waals surface area contributed by atoms with E-state index in [-0.39, 0.29) is 11.1 Å². The highest BCUT2D eigenvalue weighted by molar-refractivity contribution is 6.09. The van der Waals surface area contributed by atoms with Crippen molar-refractivity contribution < 1.29 is 22.6 Å². The Morgan fingerprint density at radius 2 is 1.26 bits per heavy atom. The van der Waals surface area contributed by atoms with E-state index in [1.165, 1.54) is 4.58 Å². The highest BCUT2D eigenvalue weighted by Crippen LogP contribution is 2.45. The van der Waals surface area contributed by atoms with Gasteiger partial charge in [-0.15, -0.1) is 0 Å². The normalized spacial score (nSPS) is 15.7. The molecule has 6 nitrogen and oxygen atoms in total. The molecule has 296 valence electrons. The monoisotopic (exact) mass is 806 g/mol. The quantitative estimate of drug-likeness (QED) is 0.151. The van der Waals surface area contributed by atoms with E-state index < -0.39 is 106 Å². The summed E-state index contributed by atoms with van der Waals surface area (Å²) in [5, 5.41) is 1.89. The number of aromatic nitrogens is 3. The maximum Gasteiger partial charge on any atom is 0.503 e. The van der Waals surface area contributed by atoms with Crippen molar-refractivity contribution in [1.82, 2.24) is 23.7 Å². The largest absolute Gasteiger partial charge is 0.503 e. The molecule has 0 saturated carbocycles. The number of pyridine rings is 2. The summed E-state index contributed by atoms with van der Waals surface area (Å²) in [6.07, 6.45) is 5.40. The second-order valence-electron chi connectivity index (χ2n) is 16.9. The van der Waals surface area contributed by atoms with Crippen LogP contribution in [0.15, 0.2) is 176 Å². The third kappa shape index (κ3) is 6.91. The Morgan fingerprint density at radius 3 is 1.93 bits per heavy atom. The summed E-state index contributed by atoms with van der Waals surface area (Å²) in [5.41, 5.74) is 2.41. The zero-order valence-corrected chi connectivity index (χ0v) is 34.4. The Bertz CT molecular complexity index is 3840. The van der Waals surface area contributed by atoms with Gasteiger partial charge in [-0.3, -0.25) is 9.55 Å². The first-order chi connectivity index (χ1) is 34.9. The van der Waals surface area contributed by atoms with Crippen molar-refractivity contribution in [2.24, 2.45) is 0 Å². The zero-order chi connectivity index (χ0) is 53.2. The van der Waals surface area contributed by atoms with Gasteiger partial charge in [0.25, 0.3) is 11.4 Å². The molecule has 0 spiro atoms. The number of ether oxygens (including phenoxy) is 1. The van der Waals surface area contributed by atoms with Crippen molar-refractivity contribution in [2.45, 2.75) is 52.4 Å². The summed E-state index contributed by atoms with van der Waals surface area (Å²) in [6, 6.07) is 18.6. The first-order valence-corrected chi connectivity index (χ1v) is 19.8. The maximum atomic E-state index is 9.43. The summed E-state index contributed by atoms with van der Waals surface area (Å²) >= 11 is 0. The predicted molar refractivity (Wildman–Crippen MR) is 252 cm³/mol. The second kappa shape index (κ2) is 14.7. The van der Waals surface area contributed by atoms with Crippen LogP contribution in [0.3, 0.4) is 0 Å². The summed E-state index contributed by atoms with van der Waals surface area (Å²) in [4.78, 5) is 9.26. The first kappa shape index (κ1) is 25.9. The van der Waals surface area contributed by atoms with Gasteiger partial charge in [-0.05, 0) is 90.7 Å². The Balaban J connectivity index is 1.25. The molecule has 4 heterocycles. The van der Waals surface area contributed by atoms with Gasteiger partial charge in [0, 0.05) is 53.6 Å². The van der Waals surface area contributed by atoms with Gasteiger partial charge in [0.1, 0.15) is 17.3 Å². The van der Waals surface area contributed by atoms with Gasteiger partial charge >= 0.3 is 6.01 Å². The molecule has 9 aromatic rings. The lowest BCUT2D eigenvalue weighted by Gasteiger charge is -2.20. The van der Waals surface area contributed by atoms with Crippen LogP contribution < -0.4 is 13.9 Å².